The summed E-state index contributed by atoms with van der Waals surface area (Å²) in [5.41, 5.74) is -0.685. The van der Waals surface area contributed by atoms with Gasteiger partial charge in [-0.1, -0.05) is 4.47 Å². The van der Waals surface area contributed by atoms with Crippen LogP contribution in [0.2, 0.25) is 0 Å². The highest BCUT2D eigenvalue weighted by Crippen LogP contribution is 2.29. The summed E-state index contributed by atoms with van der Waals surface area (Å²) in [6, 6.07) is 2.75. The number of phenolic OH excluding ortho intramolecular Hbond substituents is 1. The van der Waals surface area contributed by atoms with E-state index < -0.39 is 26.4 Å². The van der Waals surface area contributed by atoms with E-state index in [0.29, 0.717) is 4.47 Å². The van der Waals surface area contributed by atoms with Crippen LogP contribution >= 0.6 is 0 Å². The second-order valence-electron chi connectivity index (χ2n) is 3.00. The monoisotopic (exact) mass is 262 g/mol. The Labute approximate surface area is 97.2 Å². The second-order valence-corrected chi connectivity index (χ2v) is 4.94. The fraction of sp³-hybridized carbons (Fsp3) is 0.250. The Morgan fingerprint density at radius 2 is 2.06 bits per heavy atom. The highest BCUT2D eigenvalue weighted by Gasteiger charge is 2.25. The van der Waals surface area contributed by atoms with Crippen LogP contribution in [0.3, 0.4) is 0 Å². The number of nitrogens with zero attached hydrogens (tertiary/aromatic N) is 2. The van der Waals surface area contributed by atoms with Gasteiger partial charge in [0.05, 0.1) is 16.9 Å². The lowest BCUT2D eigenvalue weighted by Gasteiger charge is -2.13. The Balaban J connectivity index is 3.35. The lowest BCUT2D eigenvalue weighted by Crippen LogP contribution is -2.25. The molecule has 0 aliphatic carbocycles. The molecule has 0 radical (unpaired) electrons. The number of phenols is 1. The average Bonchev–Trinajstić information content (AvgIpc) is 2.27. The van der Waals surface area contributed by atoms with Crippen LogP contribution in [0.15, 0.2) is 23.1 Å². The van der Waals surface area contributed by atoms with Crippen LogP contribution in [-0.4, -0.2) is 37.1 Å². The van der Waals surface area contributed by atoms with E-state index >= 15 is 0 Å². The van der Waals surface area contributed by atoms with Gasteiger partial charge in [0.1, 0.15) is 0 Å². The van der Waals surface area contributed by atoms with E-state index in [-0.39, 0.29) is 4.90 Å². The number of hydrogen-bond donors (Lipinski definition) is 1. The molecule has 0 saturated carbocycles. The third kappa shape index (κ3) is 2.52. The van der Waals surface area contributed by atoms with Crippen molar-refractivity contribution in [2.24, 2.45) is 0 Å². The molecule has 8 nitrogen and oxygen atoms in total. The molecule has 0 amide bonds. The molecule has 1 N–H and O–H groups in total. The van der Waals surface area contributed by atoms with E-state index in [2.05, 4.69) is 4.84 Å². The SMILES string of the molecule is CON(C)S(=O)(=O)c1ccc(O)c([N+](=O)[O-])c1. The summed E-state index contributed by atoms with van der Waals surface area (Å²) in [5, 5.41) is 19.7. The van der Waals surface area contributed by atoms with Crippen LogP contribution in [0, 0.1) is 10.1 Å². The molecule has 0 atom stereocenters. The number of nitro benzene ring substituents is 1. The van der Waals surface area contributed by atoms with Gasteiger partial charge in [0.15, 0.2) is 5.75 Å². The fourth-order valence-corrected chi connectivity index (χ4v) is 2.05. The summed E-state index contributed by atoms with van der Waals surface area (Å²) in [5.74, 6) is -0.603. The highest BCUT2D eigenvalue weighted by atomic mass is 32.2. The molecular formula is C8H10N2O6S. The molecule has 0 aromatic heterocycles. The standard InChI is InChI=1S/C8H10N2O6S/c1-9(16-2)17(14,15)6-3-4-8(11)7(5-6)10(12)13/h3-5,11H,1-2H3. The molecule has 0 bridgehead atoms. The number of hydrogen-bond acceptors (Lipinski definition) is 6. The summed E-state index contributed by atoms with van der Waals surface area (Å²) in [6.07, 6.45) is 0. The number of benzene rings is 1. The summed E-state index contributed by atoms with van der Waals surface area (Å²) in [6.45, 7) is 0. The molecule has 0 aliphatic rings. The fourth-order valence-electron chi connectivity index (χ4n) is 1.06. The number of aromatic hydroxyl groups is 1. The quantitative estimate of drug-likeness (QED) is 0.624. The minimum absolute atomic E-state index is 0.341. The third-order valence-electron chi connectivity index (χ3n) is 2.04. The van der Waals surface area contributed by atoms with Crippen LogP contribution in [0.25, 0.3) is 0 Å². The number of hydroxylamine groups is 1. The Morgan fingerprint density at radius 1 is 1.47 bits per heavy atom. The predicted molar refractivity (Wildman–Crippen MR) is 56.7 cm³/mol. The third-order valence-corrected chi connectivity index (χ3v) is 3.71. The van der Waals surface area contributed by atoms with Crippen molar-refractivity contribution in [2.45, 2.75) is 4.90 Å². The first-order chi connectivity index (χ1) is 7.80. The van der Waals surface area contributed by atoms with Crippen molar-refractivity contribution in [1.82, 2.24) is 4.47 Å². The van der Waals surface area contributed by atoms with Gasteiger partial charge in [-0.25, -0.2) is 8.42 Å². The summed E-state index contributed by atoms with van der Waals surface area (Å²) in [4.78, 5) is 13.8. The molecule has 94 valence electrons. The van der Waals surface area contributed by atoms with Gasteiger partial charge in [0.25, 0.3) is 10.0 Å². The molecular weight excluding hydrogens is 252 g/mol. The molecule has 0 spiro atoms. The van der Waals surface area contributed by atoms with Crippen molar-refractivity contribution in [3.8, 4) is 5.75 Å². The zero-order chi connectivity index (χ0) is 13.2. The van der Waals surface area contributed by atoms with Crippen molar-refractivity contribution >= 4 is 15.7 Å². The topological polar surface area (TPSA) is 110 Å². The van der Waals surface area contributed by atoms with E-state index in [0.717, 1.165) is 32.4 Å². The second kappa shape index (κ2) is 4.65. The summed E-state index contributed by atoms with van der Waals surface area (Å²) in [7, 11) is -1.67. The van der Waals surface area contributed by atoms with Gasteiger partial charge in [-0.05, 0) is 12.1 Å². The predicted octanol–water partition coefficient (Wildman–Crippen LogP) is 0.482. The van der Waals surface area contributed by atoms with Crippen LogP contribution in [0.1, 0.15) is 0 Å². The maximum atomic E-state index is 11.7. The molecule has 17 heavy (non-hydrogen) atoms. The Hall–Kier alpha value is -1.71. The zero-order valence-corrected chi connectivity index (χ0v) is 9.84. The molecule has 1 rings (SSSR count). The molecule has 1 aromatic carbocycles. The van der Waals surface area contributed by atoms with Crippen LogP contribution in [0.4, 0.5) is 5.69 Å². The molecule has 1 aromatic rings. The number of rotatable bonds is 4. The van der Waals surface area contributed by atoms with E-state index in [9.17, 15) is 23.6 Å². The first-order valence-electron chi connectivity index (χ1n) is 4.31. The summed E-state index contributed by atoms with van der Waals surface area (Å²) >= 11 is 0. The van der Waals surface area contributed by atoms with Crippen LogP contribution in [0.5, 0.6) is 5.75 Å². The lowest BCUT2D eigenvalue weighted by atomic mass is 10.3. The molecule has 0 fully saturated rings. The molecule has 0 saturated heterocycles. The largest absolute Gasteiger partial charge is 0.502 e. The van der Waals surface area contributed by atoms with Gasteiger partial charge in [-0.15, -0.1) is 0 Å². The molecule has 0 heterocycles. The average molecular weight is 262 g/mol. The van der Waals surface area contributed by atoms with Gasteiger partial charge < -0.3 is 5.11 Å². The Morgan fingerprint density at radius 3 is 2.53 bits per heavy atom. The van der Waals surface area contributed by atoms with Gasteiger partial charge in [-0.3, -0.25) is 15.0 Å². The maximum Gasteiger partial charge on any atom is 0.312 e. The van der Waals surface area contributed by atoms with Gasteiger partial charge in [0, 0.05) is 13.1 Å². The number of nitro groups is 1. The smallest absolute Gasteiger partial charge is 0.312 e. The molecule has 0 aliphatic heterocycles. The van der Waals surface area contributed by atoms with E-state index in [1.165, 1.54) is 0 Å². The van der Waals surface area contributed by atoms with E-state index in [1.807, 2.05) is 0 Å². The number of sulfonamides is 1. The Bertz CT molecular complexity index is 541. The van der Waals surface area contributed by atoms with E-state index in [4.69, 9.17) is 0 Å². The molecule has 0 unspecified atom stereocenters. The minimum Gasteiger partial charge on any atom is -0.502 e. The van der Waals surface area contributed by atoms with Crippen LogP contribution in [-0.2, 0) is 14.9 Å². The lowest BCUT2D eigenvalue weighted by molar-refractivity contribution is -0.386. The van der Waals surface area contributed by atoms with Crippen molar-refractivity contribution in [3.05, 3.63) is 28.3 Å². The van der Waals surface area contributed by atoms with Crippen molar-refractivity contribution in [1.29, 1.82) is 0 Å². The first kappa shape index (κ1) is 13.4. The van der Waals surface area contributed by atoms with Gasteiger partial charge >= 0.3 is 5.69 Å². The van der Waals surface area contributed by atoms with Crippen LogP contribution < -0.4 is 0 Å². The van der Waals surface area contributed by atoms with Crippen molar-refractivity contribution in [2.75, 3.05) is 14.2 Å². The Kier molecular flexibility index (Phi) is 3.66. The maximum absolute atomic E-state index is 11.7. The van der Waals surface area contributed by atoms with E-state index in [1.54, 1.807) is 0 Å². The van der Waals surface area contributed by atoms with Gasteiger partial charge in [-0.2, -0.15) is 0 Å². The molecule has 9 heteroatoms. The van der Waals surface area contributed by atoms with Crippen molar-refractivity contribution in [3.63, 3.8) is 0 Å². The zero-order valence-electron chi connectivity index (χ0n) is 9.02. The first-order valence-corrected chi connectivity index (χ1v) is 5.75. The van der Waals surface area contributed by atoms with Crippen molar-refractivity contribution < 1.29 is 23.3 Å². The highest BCUT2D eigenvalue weighted by molar-refractivity contribution is 7.89. The normalized spacial score (nSPS) is 11.7. The summed E-state index contributed by atoms with van der Waals surface area (Å²) < 4.78 is 24.1. The van der Waals surface area contributed by atoms with Gasteiger partial charge in [0.2, 0.25) is 0 Å². The minimum atomic E-state index is -3.97.